The van der Waals surface area contributed by atoms with Crippen LogP contribution in [0.4, 0.5) is 0 Å². The van der Waals surface area contributed by atoms with Crippen molar-refractivity contribution in [1.29, 1.82) is 0 Å². The Bertz CT molecular complexity index is 787. The highest BCUT2D eigenvalue weighted by Crippen LogP contribution is 2.36. The average Bonchev–Trinajstić information content (AvgIpc) is 3.27. The number of carbonyl (C=O) groups excluding carboxylic acids is 1. The molecule has 0 N–H and O–H groups in total. The van der Waals surface area contributed by atoms with Crippen LogP contribution in [0.2, 0.25) is 0 Å². The van der Waals surface area contributed by atoms with E-state index < -0.39 is 5.41 Å². The van der Waals surface area contributed by atoms with E-state index in [1.165, 1.54) is 0 Å². The monoisotopic (exact) mass is 378 g/mol. The van der Waals surface area contributed by atoms with Crippen molar-refractivity contribution in [3.8, 4) is 0 Å². The van der Waals surface area contributed by atoms with E-state index in [2.05, 4.69) is 15.3 Å². The molecule has 0 bridgehead atoms. The Hall–Kier alpha value is -2.26. The van der Waals surface area contributed by atoms with Gasteiger partial charge in [-0.2, -0.15) is 4.98 Å². The molecule has 9 nitrogen and oxygen atoms in total. The fourth-order valence-electron chi connectivity index (χ4n) is 3.64. The Kier molecular flexibility index (Phi) is 5.91. The van der Waals surface area contributed by atoms with E-state index in [0.717, 1.165) is 12.8 Å². The molecule has 2 aromatic rings. The van der Waals surface area contributed by atoms with Crippen molar-refractivity contribution in [1.82, 2.24) is 20.2 Å². The van der Waals surface area contributed by atoms with Crippen molar-refractivity contribution >= 4 is 5.91 Å². The molecule has 1 aliphatic heterocycles. The van der Waals surface area contributed by atoms with Gasteiger partial charge in [0.2, 0.25) is 5.89 Å². The summed E-state index contributed by atoms with van der Waals surface area (Å²) in [7, 11) is 3.24. The van der Waals surface area contributed by atoms with Crippen LogP contribution in [-0.4, -0.2) is 60.0 Å². The van der Waals surface area contributed by atoms with Crippen molar-refractivity contribution in [3.63, 3.8) is 0 Å². The van der Waals surface area contributed by atoms with Crippen molar-refractivity contribution in [2.24, 2.45) is 0 Å². The first-order valence-electron chi connectivity index (χ1n) is 9.04. The van der Waals surface area contributed by atoms with Gasteiger partial charge < -0.3 is 23.4 Å². The topological polar surface area (TPSA) is 104 Å². The minimum Gasteiger partial charge on any atom is -0.385 e. The highest BCUT2D eigenvalue weighted by Gasteiger charge is 2.43. The second kappa shape index (κ2) is 8.18. The molecule has 0 aliphatic carbocycles. The summed E-state index contributed by atoms with van der Waals surface area (Å²) in [5.74, 6) is 1.57. The van der Waals surface area contributed by atoms with Gasteiger partial charge in [0.25, 0.3) is 5.91 Å². The Morgan fingerprint density at radius 2 is 2.04 bits per heavy atom. The Morgan fingerprint density at radius 3 is 2.70 bits per heavy atom. The first kappa shape index (κ1) is 19.5. The van der Waals surface area contributed by atoms with Gasteiger partial charge in [-0.3, -0.25) is 4.79 Å². The number of nitrogens with zero attached hydrogens (tertiary/aromatic N) is 4. The van der Waals surface area contributed by atoms with Crippen LogP contribution in [-0.2, 0) is 21.5 Å². The summed E-state index contributed by atoms with van der Waals surface area (Å²) >= 11 is 0. The molecular formula is C18H26N4O5. The van der Waals surface area contributed by atoms with Crippen LogP contribution in [0.5, 0.6) is 0 Å². The van der Waals surface area contributed by atoms with E-state index in [1.54, 1.807) is 33.0 Å². The van der Waals surface area contributed by atoms with E-state index in [-0.39, 0.29) is 12.5 Å². The summed E-state index contributed by atoms with van der Waals surface area (Å²) in [4.78, 5) is 19.4. The van der Waals surface area contributed by atoms with Crippen LogP contribution >= 0.6 is 0 Å². The summed E-state index contributed by atoms with van der Waals surface area (Å²) in [5, 5.41) is 8.12. The minimum absolute atomic E-state index is 0.166. The molecule has 0 spiro atoms. The van der Waals surface area contributed by atoms with Crippen LogP contribution in [0.1, 0.15) is 52.8 Å². The molecule has 9 heteroatoms. The number of rotatable bonds is 7. The third-order valence-electron chi connectivity index (χ3n) is 5.13. The number of aromatic nitrogens is 3. The molecule has 0 aromatic carbocycles. The fraction of sp³-hybridized carbons (Fsp3) is 0.667. The van der Waals surface area contributed by atoms with Crippen LogP contribution < -0.4 is 0 Å². The number of likely N-dealkylation sites (tertiary alicyclic amines) is 1. The molecule has 3 rings (SSSR count). The molecule has 1 aliphatic rings. The van der Waals surface area contributed by atoms with Gasteiger partial charge in [0.15, 0.2) is 11.5 Å². The maximum absolute atomic E-state index is 13.2. The molecule has 2 aromatic heterocycles. The molecule has 1 saturated heterocycles. The summed E-state index contributed by atoms with van der Waals surface area (Å²) in [6.45, 7) is 5.49. The van der Waals surface area contributed by atoms with Crippen LogP contribution in [0.25, 0.3) is 0 Å². The standard InChI is InChI=1S/C18H26N4O5/c1-12-14(10-25-4)15(20-26-12)16(23)22-8-5-6-18(11-22,7-9-24-3)17-19-13(2)27-21-17/h5-11H2,1-4H3. The van der Waals surface area contributed by atoms with E-state index in [1.807, 2.05) is 0 Å². The zero-order valence-corrected chi connectivity index (χ0v) is 16.3. The number of hydrogen-bond donors (Lipinski definition) is 0. The molecule has 1 unspecified atom stereocenters. The Morgan fingerprint density at radius 1 is 1.22 bits per heavy atom. The van der Waals surface area contributed by atoms with Gasteiger partial charge in [-0.1, -0.05) is 10.3 Å². The van der Waals surface area contributed by atoms with Gasteiger partial charge >= 0.3 is 0 Å². The van der Waals surface area contributed by atoms with Crippen LogP contribution in [0.15, 0.2) is 9.05 Å². The molecule has 1 amide bonds. The fourth-order valence-corrected chi connectivity index (χ4v) is 3.64. The van der Waals surface area contributed by atoms with Gasteiger partial charge in [0.05, 0.1) is 17.6 Å². The molecule has 0 radical (unpaired) electrons. The zero-order valence-electron chi connectivity index (χ0n) is 16.3. The van der Waals surface area contributed by atoms with Gasteiger partial charge in [0, 0.05) is 40.8 Å². The maximum atomic E-state index is 13.2. The molecule has 148 valence electrons. The minimum atomic E-state index is -0.401. The number of aryl methyl sites for hydroxylation is 2. The number of amides is 1. The quantitative estimate of drug-likeness (QED) is 0.721. The van der Waals surface area contributed by atoms with E-state index in [4.69, 9.17) is 18.5 Å². The predicted molar refractivity (Wildman–Crippen MR) is 94.3 cm³/mol. The highest BCUT2D eigenvalue weighted by molar-refractivity contribution is 5.94. The van der Waals surface area contributed by atoms with Crippen LogP contribution in [0.3, 0.4) is 0 Å². The summed E-state index contributed by atoms with van der Waals surface area (Å²) in [5.41, 5.74) is 0.592. The summed E-state index contributed by atoms with van der Waals surface area (Å²) < 4.78 is 20.9. The van der Waals surface area contributed by atoms with Gasteiger partial charge in [-0.15, -0.1) is 0 Å². The van der Waals surface area contributed by atoms with Gasteiger partial charge in [0.1, 0.15) is 5.76 Å². The normalized spacial score (nSPS) is 20.2. The third-order valence-corrected chi connectivity index (χ3v) is 5.13. The lowest BCUT2D eigenvalue weighted by Crippen LogP contribution is -2.49. The van der Waals surface area contributed by atoms with E-state index in [0.29, 0.717) is 54.8 Å². The number of ether oxygens (including phenoxy) is 2. The lowest BCUT2D eigenvalue weighted by molar-refractivity contribution is 0.0554. The lowest BCUT2D eigenvalue weighted by Gasteiger charge is -2.40. The third kappa shape index (κ3) is 3.89. The molecule has 27 heavy (non-hydrogen) atoms. The predicted octanol–water partition coefficient (Wildman–Crippen LogP) is 2.03. The number of hydrogen-bond acceptors (Lipinski definition) is 8. The van der Waals surface area contributed by atoms with Crippen molar-refractivity contribution in [2.45, 2.75) is 45.1 Å². The van der Waals surface area contributed by atoms with Crippen LogP contribution in [0, 0.1) is 13.8 Å². The zero-order chi connectivity index (χ0) is 19.4. The largest absolute Gasteiger partial charge is 0.385 e. The molecule has 0 saturated carbocycles. The SMILES string of the molecule is COCCC1(c2noc(C)n2)CCCN(C(=O)c2noc(C)c2COC)C1. The smallest absolute Gasteiger partial charge is 0.276 e. The molecule has 1 fully saturated rings. The maximum Gasteiger partial charge on any atom is 0.276 e. The van der Waals surface area contributed by atoms with E-state index in [9.17, 15) is 4.79 Å². The first-order valence-corrected chi connectivity index (χ1v) is 9.04. The molecule has 1 atom stereocenters. The Labute approximate surface area is 158 Å². The molecular weight excluding hydrogens is 352 g/mol. The summed E-state index contributed by atoms with van der Waals surface area (Å²) in [6, 6.07) is 0. The lowest BCUT2D eigenvalue weighted by atomic mass is 9.76. The van der Waals surface area contributed by atoms with Crippen molar-refractivity contribution in [3.05, 3.63) is 28.7 Å². The van der Waals surface area contributed by atoms with Crippen molar-refractivity contribution < 1.29 is 23.3 Å². The van der Waals surface area contributed by atoms with Gasteiger partial charge in [-0.25, -0.2) is 0 Å². The highest BCUT2D eigenvalue weighted by atomic mass is 16.5. The Balaban J connectivity index is 1.88. The first-order chi connectivity index (χ1) is 13.0. The number of methoxy groups -OCH3 is 2. The van der Waals surface area contributed by atoms with Gasteiger partial charge in [-0.05, 0) is 26.2 Å². The van der Waals surface area contributed by atoms with Crippen molar-refractivity contribution in [2.75, 3.05) is 33.9 Å². The second-order valence-corrected chi connectivity index (χ2v) is 6.99. The molecule has 3 heterocycles. The average molecular weight is 378 g/mol. The number of piperidine rings is 1. The summed E-state index contributed by atoms with van der Waals surface area (Å²) in [6.07, 6.45) is 2.40. The number of carbonyl (C=O) groups is 1. The van der Waals surface area contributed by atoms with E-state index >= 15 is 0 Å². The second-order valence-electron chi connectivity index (χ2n) is 6.99.